The third kappa shape index (κ3) is 4.53. The summed E-state index contributed by atoms with van der Waals surface area (Å²) < 4.78 is 11.3. The quantitative estimate of drug-likeness (QED) is 0.635. The molecule has 1 N–H and O–H groups in total. The molecule has 0 aliphatic carbocycles. The van der Waals surface area contributed by atoms with Gasteiger partial charge < -0.3 is 14.6 Å². The molecule has 0 aliphatic rings. The number of thiazole rings is 1. The molecule has 0 radical (unpaired) electrons. The van der Waals surface area contributed by atoms with Crippen molar-refractivity contribution in [1.82, 2.24) is 4.98 Å². The fraction of sp³-hybridized carbons (Fsp3) is 0.158. The number of rotatable bonds is 7. The molecule has 0 unspecified atom stereocenters. The number of benzene rings is 2. The number of methoxy groups -OCH3 is 1. The fourth-order valence-electron chi connectivity index (χ4n) is 2.38. The number of halogens is 1. The van der Waals surface area contributed by atoms with Gasteiger partial charge in [-0.3, -0.25) is 4.79 Å². The highest BCUT2D eigenvalue weighted by Crippen LogP contribution is 2.34. The Balaban J connectivity index is 1.77. The number of hydrogen-bond donors (Lipinski definition) is 1. The van der Waals surface area contributed by atoms with Crippen molar-refractivity contribution >= 4 is 28.9 Å². The number of carboxylic acids is 1. The molecule has 0 saturated heterocycles. The van der Waals surface area contributed by atoms with Crippen molar-refractivity contribution in [3.8, 4) is 22.1 Å². The molecule has 7 heteroatoms. The molecule has 3 rings (SSSR count). The highest BCUT2D eigenvalue weighted by atomic mass is 35.5. The van der Waals surface area contributed by atoms with Crippen LogP contribution >= 0.6 is 22.9 Å². The normalized spacial score (nSPS) is 10.5. The van der Waals surface area contributed by atoms with Gasteiger partial charge in [0.25, 0.3) is 0 Å². The number of aromatic nitrogens is 1. The molecule has 0 atom stereocenters. The molecule has 3 aromatic rings. The van der Waals surface area contributed by atoms with Crippen LogP contribution in [-0.4, -0.2) is 23.2 Å². The number of carbonyl (C=O) groups is 1. The van der Waals surface area contributed by atoms with E-state index in [9.17, 15) is 4.79 Å². The van der Waals surface area contributed by atoms with Crippen LogP contribution in [0.25, 0.3) is 10.6 Å². The summed E-state index contributed by atoms with van der Waals surface area (Å²) in [5.74, 6) is 0.294. The number of nitrogens with zero attached hydrogens (tertiary/aromatic N) is 1. The zero-order valence-electron chi connectivity index (χ0n) is 13.9. The first-order valence-electron chi connectivity index (χ1n) is 7.77. The van der Waals surface area contributed by atoms with Gasteiger partial charge in [0.2, 0.25) is 0 Å². The maximum atomic E-state index is 10.8. The first kappa shape index (κ1) is 18.2. The van der Waals surface area contributed by atoms with Crippen LogP contribution in [0, 0.1) is 0 Å². The standard InChI is InChI=1S/C19H16ClNO4S/c1-24-17-8-13(19-21-15(11-26-19)9-18(22)23)5-6-16(17)25-10-12-3-2-4-14(20)7-12/h2-8,11H,9-10H2,1H3,(H,22,23). The maximum absolute atomic E-state index is 10.8. The summed E-state index contributed by atoms with van der Waals surface area (Å²) in [5, 5.41) is 12.0. The summed E-state index contributed by atoms with van der Waals surface area (Å²) in [4.78, 5) is 15.1. The van der Waals surface area contributed by atoms with E-state index in [1.165, 1.54) is 11.3 Å². The molecule has 0 fully saturated rings. The molecule has 0 bridgehead atoms. The highest BCUT2D eigenvalue weighted by Gasteiger charge is 2.12. The van der Waals surface area contributed by atoms with Crippen molar-refractivity contribution in [2.45, 2.75) is 13.0 Å². The Labute approximate surface area is 159 Å². The summed E-state index contributed by atoms with van der Waals surface area (Å²) in [5.41, 5.74) is 2.35. The first-order chi connectivity index (χ1) is 12.5. The van der Waals surface area contributed by atoms with Gasteiger partial charge in [-0.1, -0.05) is 23.7 Å². The van der Waals surface area contributed by atoms with Crippen molar-refractivity contribution in [2.75, 3.05) is 7.11 Å². The van der Waals surface area contributed by atoms with Gasteiger partial charge in [-0.2, -0.15) is 0 Å². The topological polar surface area (TPSA) is 68.7 Å². The molecule has 26 heavy (non-hydrogen) atoms. The van der Waals surface area contributed by atoms with Gasteiger partial charge in [-0.15, -0.1) is 11.3 Å². The van der Waals surface area contributed by atoms with Crippen LogP contribution in [0.1, 0.15) is 11.3 Å². The SMILES string of the molecule is COc1cc(-c2nc(CC(=O)O)cs2)ccc1OCc1cccc(Cl)c1. The van der Waals surface area contributed by atoms with Gasteiger partial charge in [0, 0.05) is 16.0 Å². The Kier molecular flexibility index (Phi) is 5.75. The zero-order chi connectivity index (χ0) is 18.5. The van der Waals surface area contributed by atoms with Crippen molar-refractivity contribution in [2.24, 2.45) is 0 Å². The minimum Gasteiger partial charge on any atom is -0.493 e. The average Bonchev–Trinajstić information content (AvgIpc) is 3.07. The zero-order valence-corrected chi connectivity index (χ0v) is 15.5. The lowest BCUT2D eigenvalue weighted by Gasteiger charge is -2.12. The van der Waals surface area contributed by atoms with Crippen LogP contribution < -0.4 is 9.47 Å². The molecule has 134 valence electrons. The molecular weight excluding hydrogens is 374 g/mol. The number of hydrogen-bond acceptors (Lipinski definition) is 5. The van der Waals surface area contributed by atoms with E-state index in [1.807, 2.05) is 42.5 Å². The maximum Gasteiger partial charge on any atom is 0.309 e. The Hall–Kier alpha value is -2.57. The van der Waals surface area contributed by atoms with Crippen molar-refractivity contribution < 1.29 is 19.4 Å². The Morgan fingerprint density at radius 2 is 2.08 bits per heavy atom. The van der Waals surface area contributed by atoms with Crippen LogP contribution in [0.5, 0.6) is 11.5 Å². The lowest BCUT2D eigenvalue weighted by Crippen LogP contribution is -2.00. The van der Waals surface area contributed by atoms with Gasteiger partial charge in [-0.25, -0.2) is 4.98 Å². The van der Waals surface area contributed by atoms with E-state index in [1.54, 1.807) is 12.5 Å². The van der Waals surface area contributed by atoms with E-state index in [2.05, 4.69) is 4.98 Å². The summed E-state index contributed by atoms with van der Waals surface area (Å²) in [6.45, 7) is 0.371. The van der Waals surface area contributed by atoms with Crippen molar-refractivity contribution in [3.63, 3.8) is 0 Å². The highest BCUT2D eigenvalue weighted by molar-refractivity contribution is 7.13. The Morgan fingerprint density at radius 1 is 1.23 bits per heavy atom. The lowest BCUT2D eigenvalue weighted by atomic mass is 10.2. The van der Waals surface area contributed by atoms with Gasteiger partial charge in [0.1, 0.15) is 11.6 Å². The third-order valence-corrected chi connectivity index (χ3v) is 4.75. The summed E-state index contributed by atoms with van der Waals surface area (Å²) >= 11 is 7.38. The fourth-order valence-corrected chi connectivity index (χ4v) is 3.41. The predicted molar refractivity (Wildman–Crippen MR) is 101 cm³/mol. The Morgan fingerprint density at radius 3 is 2.81 bits per heavy atom. The minimum atomic E-state index is -0.899. The van der Waals surface area contributed by atoms with Crippen molar-refractivity contribution in [1.29, 1.82) is 0 Å². The molecule has 2 aromatic carbocycles. The van der Waals surface area contributed by atoms with Crippen LogP contribution in [0.2, 0.25) is 5.02 Å². The first-order valence-corrected chi connectivity index (χ1v) is 9.03. The summed E-state index contributed by atoms with van der Waals surface area (Å²) in [6.07, 6.45) is -0.0888. The molecule has 0 spiro atoms. The molecule has 5 nitrogen and oxygen atoms in total. The van der Waals surface area contributed by atoms with E-state index < -0.39 is 5.97 Å². The third-order valence-electron chi connectivity index (χ3n) is 3.58. The number of ether oxygens (including phenoxy) is 2. The largest absolute Gasteiger partial charge is 0.493 e. The number of aliphatic carboxylic acids is 1. The smallest absolute Gasteiger partial charge is 0.309 e. The predicted octanol–water partition coefficient (Wildman–Crippen LogP) is 4.68. The van der Waals surface area contributed by atoms with Crippen LogP contribution in [0.15, 0.2) is 47.8 Å². The summed E-state index contributed by atoms with van der Waals surface area (Å²) in [7, 11) is 1.57. The minimum absolute atomic E-state index is 0.0888. The van der Waals surface area contributed by atoms with E-state index >= 15 is 0 Å². The van der Waals surface area contributed by atoms with Crippen molar-refractivity contribution in [3.05, 3.63) is 64.1 Å². The second-order valence-corrected chi connectivity index (χ2v) is 6.79. The van der Waals surface area contributed by atoms with Crippen LogP contribution in [-0.2, 0) is 17.8 Å². The molecular formula is C19H16ClNO4S. The monoisotopic (exact) mass is 389 g/mol. The van der Waals surface area contributed by atoms with Crippen LogP contribution in [0.4, 0.5) is 0 Å². The molecule has 1 aromatic heterocycles. The van der Waals surface area contributed by atoms with Crippen LogP contribution in [0.3, 0.4) is 0 Å². The second-order valence-electron chi connectivity index (χ2n) is 5.50. The number of carboxylic acid groups (broad SMARTS) is 1. The van der Waals surface area contributed by atoms with E-state index in [4.69, 9.17) is 26.2 Å². The van der Waals surface area contributed by atoms with E-state index in [0.717, 1.165) is 16.1 Å². The molecule has 0 amide bonds. The molecule has 0 aliphatic heterocycles. The lowest BCUT2D eigenvalue weighted by molar-refractivity contribution is -0.136. The van der Waals surface area contributed by atoms with Gasteiger partial charge in [0.05, 0.1) is 19.2 Å². The van der Waals surface area contributed by atoms with Gasteiger partial charge >= 0.3 is 5.97 Å². The molecule has 1 heterocycles. The Bertz CT molecular complexity index is 925. The summed E-state index contributed by atoms with van der Waals surface area (Å²) in [6, 6.07) is 13.0. The van der Waals surface area contributed by atoms with Gasteiger partial charge in [-0.05, 0) is 35.9 Å². The molecule has 0 saturated carbocycles. The van der Waals surface area contributed by atoms with Gasteiger partial charge in [0.15, 0.2) is 11.5 Å². The van der Waals surface area contributed by atoms with E-state index in [0.29, 0.717) is 28.8 Å². The second kappa shape index (κ2) is 8.21. The average molecular weight is 390 g/mol. The van der Waals surface area contributed by atoms with E-state index in [-0.39, 0.29) is 6.42 Å².